The summed E-state index contributed by atoms with van der Waals surface area (Å²) < 4.78 is 0. The molecule has 0 spiro atoms. The van der Waals surface area contributed by atoms with Gasteiger partial charge in [0.05, 0.1) is 5.52 Å². The smallest absolute Gasteiger partial charge is 0.242 e. The highest BCUT2D eigenvalue weighted by atomic mass is 32.1. The quantitative estimate of drug-likeness (QED) is 0.750. The fourth-order valence-electron chi connectivity index (χ4n) is 2.54. The molecule has 2 heterocycles. The molecule has 1 unspecified atom stereocenters. The van der Waals surface area contributed by atoms with Crippen molar-refractivity contribution in [1.82, 2.24) is 10.3 Å². The standard InChI is InChI=1S/C15H16N4OS/c16-14(21)10-8-13(18-11-5-2-1-4-9(10)11)19-12-6-3-7-17-15(12)20/h1-2,4-5,8,12H,3,6-7H2,(H2,16,21)(H,17,20)(H,18,19). The van der Waals surface area contributed by atoms with Crippen LogP contribution in [0.1, 0.15) is 18.4 Å². The summed E-state index contributed by atoms with van der Waals surface area (Å²) in [6.07, 6.45) is 1.75. The number of pyridine rings is 1. The summed E-state index contributed by atoms with van der Waals surface area (Å²) in [5, 5.41) is 6.95. The minimum atomic E-state index is -0.258. The summed E-state index contributed by atoms with van der Waals surface area (Å²) in [7, 11) is 0. The largest absolute Gasteiger partial charge is 0.389 e. The Morgan fingerprint density at radius 1 is 1.43 bits per heavy atom. The van der Waals surface area contributed by atoms with Crippen molar-refractivity contribution in [3.05, 3.63) is 35.9 Å². The molecule has 0 saturated carbocycles. The minimum absolute atomic E-state index is 0.00748. The summed E-state index contributed by atoms with van der Waals surface area (Å²) in [4.78, 5) is 16.7. The molecular weight excluding hydrogens is 284 g/mol. The van der Waals surface area contributed by atoms with Crippen LogP contribution in [0, 0.1) is 0 Å². The Bertz CT molecular complexity index is 716. The number of hydrogen-bond donors (Lipinski definition) is 3. The number of carbonyl (C=O) groups is 1. The first kappa shape index (κ1) is 13.8. The number of nitrogens with one attached hydrogen (secondary N) is 2. The van der Waals surface area contributed by atoms with Crippen LogP contribution in [0.5, 0.6) is 0 Å². The molecule has 1 fully saturated rings. The highest BCUT2D eigenvalue weighted by Gasteiger charge is 2.22. The molecule has 2 aromatic rings. The van der Waals surface area contributed by atoms with Crippen molar-refractivity contribution < 1.29 is 4.79 Å². The summed E-state index contributed by atoms with van der Waals surface area (Å²) in [5.74, 6) is 0.631. The van der Waals surface area contributed by atoms with Gasteiger partial charge in [-0.25, -0.2) is 4.98 Å². The average molecular weight is 300 g/mol. The van der Waals surface area contributed by atoms with Gasteiger partial charge in [0.1, 0.15) is 16.8 Å². The monoisotopic (exact) mass is 300 g/mol. The van der Waals surface area contributed by atoms with E-state index in [2.05, 4.69) is 15.6 Å². The van der Waals surface area contributed by atoms with Gasteiger partial charge in [0, 0.05) is 17.5 Å². The third-order valence-electron chi connectivity index (χ3n) is 3.59. The Balaban J connectivity index is 1.99. The van der Waals surface area contributed by atoms with Gasteiger partial charge in [0.2, 0.25) is 5.91 Å². The fraction of sp³-hybridized carbons (Fsp3) is 0.267. The second-order valence-corrected chi connectivity index (χ2v) is 5.51. The maximum Gasteiger partial charge on any atom is 0.242 e. The van der Waals surface area contributed by atoms with Crippen LogP contribution in [0.3, 0.4) is 0 Å². The second-order valence-electron chi connectivity index (χ2n) is 5.07. The zero-order valence-corrected chi connectivity index (χ0v) is 12.2. The fourth-order valence-corrected chi connectivity index (χ4v) is 2.71. The van der Waals surface area contributed by atoms with Crippen LogP contribution in [0.15, 0.2) is 30.3 Å². The molecule has 0 aliphatic carbocycles. The Labute approximate surface area is 127 Å². The highest BCUT2D eigenvalue weighted by Crippen LogP contribution is 2.22. The van der Waals surface area contributed by atoms with Crippen LogP contribution >= 0.6 is 12.2 Å². The Morgan fingerprint density at radius 2 is 2.24 bits per heavy atom. The Morgan fingerprint density at radius 3 is 3.00 bits per heavy atom. The lowest BCUT2D eigenvalue weighted by molar-refractivity contribution is -0.123. The SMILES string of the molecule is NC(=S)c1cc(NC2CCCNC2=O)nc2ccccc12. The van der Waals surface area contributed by atoms with Crippen molar-refractivity contribution in [2.75, 3.05) is 11.9 Å². The Hall–Kier alpha value is -2.21. The first-order chi connectivity index (χ1) is 10.1. The van der Waals surface area contributed by atoms with E-state index in [0.29, 0.717) is 10.8 Å². The van der Waals surface area contributed by atoms with Gasteiger partial charge in [-0.1, -0.05) is 30.4 Å². The number of amides is 1. The van der Waals surface area contributed by atoms with Crippen LogP contribution in [-0.2, 0) is 4.79 Å². The molecule has 4 N–H and O–H groups in total. The third-order valence-corrected chi connectivity index (χ3v) is 3.81. The molecule has 1 atom stereocenters. The van der Waals surface area contributed by atoms with E-state index >= 15 is 0 Å². The predicted octanol–water partition coefficient (Wildman–Crippen LogP) is 1.56. The summed E-state index contributed by atoms with van der Waals surface area (Å²) >= 11 is 5.12. The van der Waals surface area contributed by atoms with Crippen LogP contribution in [0.2, 0.25) is 0 Å². The van der Waals surface area contributed by atoms with E-state index in [9.17, 15) is 4.79 Å². The van der Waals surface area contributed by atoms with Gasteiger partial charge in [-0.15, -0.1) is 0 Å². The van der Waals surface area contributed by atoms with Gasteiger partial charge in [-0.2, -0.15) is 0 Å². The summed E-state index contributed by atoms with van der Waals surface area (Å²) in [5.41, 5.74) is 7.39. The highest BCUT2D eigenvalue weighted by molar-refractivity contribution is 7.80. The summed E-state index contributed by atoms with van der Waals surface area (Å²) in [6.45, 7) is 0.736. The van der Waals surface area contributed by atoms with E-state index in [0.717, 1.165) is 35.9 Å². The van der Waals surface area contributed by atoms with Crippen molar-refractivity contribution in [2.24, 2.45) is 5.73 Å². The van der Waals surface area contributed by atoms with E-state index in [4.69, 9.17) is 18.0 Å². The molecule has 1 aliphatic heterocycles. The first-order valence-corrected chi connectivity index (χ1v) is 7.30. The van der Waals surface area contributed by atoms with Gasteiger partial charge >= 0.3 is 0 Å². The van der Waals surface area contributed by atoms with E-state index in [-0.39, 0.29) is 11.9 Å². The normalized spacial score (nSPS) is 18.3. The number of thiocarbonyl (C=S) groups is 1. The number of benzene rings is 1. The number of rotatable bonds is 3. The van der Waals surface area contributed by atoms with Crippen molar-refractivity contribution >= 4 is 39.8 Å². The second kappa shape index (κ2) is 5.65. The molecule has 108 valence electrons. The molecule has 6 heteroatoms. The molecule has 1 aromatic heterocycles. The van der Waals surface area contributed by atoms with Gasteiger partial charge in [-0.05, 0) is 25.0 Å². The first-order valence-electron chi connectivity index (χ1n) is 6.89. The number of anilines is 1. The number of fused-ring (bicyclic) bond motifs is 1. The number of aromatic nitrogens is 1. The zero-order chi connectivity index (χ0) is 14.8. The van der Waals surface area contributed by atoms with Crippen LogP contribution < -0.4 is 16.4 Å². The molecule has 1 aliphatic rings. The molecule has 1 amide bonds. The number of piperidine rings is 1. The van der Waals surface area contributed by atoms with Gasteiger partial charge < -0.3 is 16.4 Å². The number of nitrogens with zero attached hydrogens (tertiary/aromatic N) is 1. The number of carbonyl (C=O) groups excluding carboxylic acids is 1. The molecule has 3 rings (SSSR count). The lowest BCUT2D eigenvalue weighted by atomic mass is 10.1. The number of para-hydroxylation sites is 1. The van der Waals surface area contributed by atoms with Crippen molar-refractivity contribution in [1.29, 1.82) is 0 Å². The predicted molar refractivity (Wildman–Crippen MR) is 87.3 cm³/mol. The molecule has 21 heavy (non-hydrogen) atoms. The summed E-state index contributed by atoms with van der Waals surface area (Å²) in [6, 6.07) is 9.24. The number of nitrogens with two attached hydrogens (primary N) is 1. The van der Waals surface area contributed by atoms with Gasteiger partial charge in [0.25, 0.3) is 0 Å². The van der Waals surface area contributed by atoms with Crippen molar-refractivity contribution in [3.8, 4) is 0 Å². The minimum Gasteiger partial charge on any atom is -0.389 e. The van der Waals surface area contributed by atoms with Crippen LogP contribution in [0.25, 0.3) is 10.9 Å². The van der Waals surface area contributed by atoms with E-state index in [1.54, 1.807) is 0 Å². The Kier molecular flexibility index (Phi) is 3.70. The molecule has 1 aromatic carbocycles. The maximum atomic E-state index is 11.8. The van der Waals surface area contributed by atoms with E-state index in [1.807, 2.05) is 30.3 Å². The molecule has 0 radical (unpaired) electrons. The third kappa shape index (κ3) is 2.80. The zero-order valence-electron chi connectivity index (χ0n) is 11.4. The topological polar surface area (TPSA) is 80.0 Å². The maximum absolute atomic E-state index is 11.8. The van der Waals surface area contributed by atoms with Gasteiger partial charge in [-0.3, -0.25) is 4.79 Å². The van der Waals surface area contributed by atoms with E-state index < -0.39 is 0 Å². The lowest BCUT2D eigenvalue weighted by Crippen LogP contribution is -2.44. The van der Waals surface area contributed by atoms with Crippen molar-refractivity contribution in [2.45, 2.75) is 18.9 Å². The van der Waals surface area contributed by atoms with E-state index in [1.165, 1.54) is 0 Å². The van der Waals surface area contributed by atoms with Gasteiger partial charge in [0.15, 0.2) is 0 Å². The molecule has 5 nitrogen and oxygen atoms in total. The van der Waals surface area contributed by atoms with Crippen LogP contribution in [-0.4, -0.2) is 28.5 Å². The lowest BCUT2D eigenvalue weighted by Gasteiger charge is -2.23. The average Bonchev–Trinajstić information content (AvgIpc) is 2.48. The van der Waals surface area contributed by atoms with Crippen molar-refractivity contribution in [3.63, 3.8) is 0 Å². The molecule has 1 saturated heterocycles. The molecular formula is C15H16N4OS. The van der Waals surface area contributed by atoms with Crippen LogP contribution in [0.4, 0.5) is 5.82 Å². The number of hydrogen-bond acceptors (Lipinski definition) is 4. The molecule has 0 bridgehead atoms.